The van der Waals surface area contributed by atoms with Crippen LogP contribution in [0.1, 0.15) is 19.4 Å². The van der Waals surface area contributed by atoms with Crippen molar-refractivity contribution in [2.24, 2.45) is 10.1 Å². The first kappa shape index (κ1) is 23.3. The molecule has 168 valence electrons. The Labute approximate surface area is 190 Å². The van der Waals surface area contributed by atoms with Crippen molar-refractivity contribution in [3.63, 3.8) is 0 Å². The molecule has 3 rings (SSSR count). The van der Waals surface area contributed by atoms with Crippen molar-refractivity contribution in [3.05, 3.63) is 70.1 Å². The highest BCUT2D eigenvalue weighted by atomic mass is 32.1. The Bertz CT molecular complexity index is 1200. The van der Waals surface area contributed by atoms with Crippen LogP contribution in [0, 0.1) is 5.82 Å². The van der Waals surface area contributed by atoms with E-state index in [1.165, 1.54) is 17.4 Å². The summed E-state index contributed by atoms with van der Waals surface area (Å²) in [6.45, 7) is 8.13. The zero-order valence-corrected chi connectivity index (χ0v) is 19.6. The van der Waals surface area contributed by atoms with E-state index in [-0.39, 0.29) is 5.82 Å². The van der Waals surface area contributed by atoms with Gasteiger partial charge >= 0.3 is 0 Å². The normalized spacial score (nSPS) is 12.1. The highest BCUT2D eigenvalue weighted by molar-refractivity contribution is 7.07. The summed E-state index contributed by atoms with van der Waals surface area (Å²) in [5.41, 5.74) is 3.41. The SMILES string of the molecule is C=C(C)CN=c1scc(-c2ccccc2F)n1N=C(C)c1cc(OC)c(OC)c(OC)c1. The molecule has 0 unspecified atom stereocenters. The molecule has 0 aliphatic carbocycles. The van der Waals surface area contributed by atoms with Gasteiger partial charge in [-0.3, -0.25) is 4.99 Å². The highest BCUT2D eigenvalue weighted by Crippen LogP contribution is 2.38. The number of nitrogens with zero attached hydrogens (tertiary/aromatic N) is 3. The van der Waals surface area contributed by atoms with Crippen molar-refractivity contribution >= 4 is 17.0 Å². The Morgan fingerprint density at radius 1 is 1.06 bits per heavy atom. The van der Waals surface area contributed by atoms with Gasteiger partial charge in [-0.1, -0.05) is 24.3 Å². The van der Waals surface area contributed by atoms with Gasteiger partial charge < -0.3 is 14.2 Å². The number of hydrogen-bond donors (Lipinski definition) is 0. The predicted octanol–water partition coefficient (Wildman–Crippen LogP) is 5.13. The molecule has 1 aromatic heterocycles. The highest BCUT2D eigenvalue weighted by Gasteiger charge is 2.16. The zero-order chi connectivity index (χ0) is 23.3. The maximum Gasteiger partial charge on any atom is 0.206 e. The molecule has 0 spiro atoms. The molecule has 32 heavy (non-hydrogen) atoms. The molecular weight excluding hydrogens is 429 g/mol. The van der Waals surface area contributed by atoms with E-state index in [4.69, 9.17) is 19.3 Å². The number of hydrogen-bond acceptors (Lipinski definition) is 6. The number of methoxy groups -OCH3 is 3. The summed E-state index contributed by atoms with van der Waals surface area (Å²) in [5, 5.41) is 6.64. The lowest BCUT2D eigenvalue weighted by atomic mass is 10.1. The fraction of sp³-hybridized carbons (Fsp3) is 0.250. The van der Waals surface area contributed by atoms with Gasteiger partial charge in [0.15, 0.2) is 11.5 Å². The molecule has 0 saturated carbocycles. The second-order valence-electron chi connectivity index (χ2n) is 7.07. The van der Waals surface area contributed by atoms with E-state index < -0.39 is 0 Å². The van der Waals surface area contributed by atoms with Crippen LogP contribution in [-0.4, -0.2) is 38.3 Å². The van der Waals surface area contributed by atoms with E-state index in [1.807, 2.05) is 31.4 Å². The van der Waals surface area contributed by atoms with Gasteiger partial charge in [0, 0.05) is 16.5 Å². The Hall–Kier alpha value is -3.39. The van der Waals surface area contributed by atoms with E-state index in [9.17, 15) is 4.39 Å². The third kappa shape index (κ3) is 4.91. The molecule has 0 aliphatic rings. The number of ether oxygens (including phenoxy) is 3. The lowest BCUT2D eigenvalue weighted by molar-refractivity contribution is 0.324. The van der Waals surface area contributed by atoms with Crippen LogP contribution in [0.15, 0.2) is 64.0 Å². The summed E-state index contributed by atoms with van der Waals surface area (Å²) in [6.07, 6.45) is 0. The third-order valence-corrected chi connectivity index (χ3v) is 5.51. The van der Waals surface area contributed by atoms with Gasteiger partial charge in [0.25, 0.3) is 0 Å². The van der Waals surface area contributed by atoms with Crippen LogP contribution in [0.5, 0.6) is 17.2 Å². The molecule has 0 bridgehead atoms. The van der Waals surface area contributed by atoms with Crippen LogP contribution in [-0.2, 0) is 0 Å². The van der Waals surface area contributed by atoms with Crippen molar-refractivity contribution in [2.45, 2.75) is 13.8 Å². The standard InChI is InChI=1S/C24H26FN3O3S/c1-15(2)13-26-24-28(20(14-32-24)18-9-7-8-10-19(18)25)27-16(3)17-11-21(29-4)23(31-6)22(12-17)30-5/h7-12,14H,1,13H2,2-6H3. The number of benzene rings is 2. The maximum absolute atomic E-state index is 14.6. The summed E-state index contributed by atoms with van der Waals surface area (Å²) in [4.78, 5) is 5.24. The smallest absolute Gasteiger partial charge is 0.206 e. The van der Waals surface area contributed by atoms with Gasteiger partial charge in [0.2, 0.25) is 10.6 Å². The average Bonchev–Trinajstić information content (AvgIpc) is 3.18. The monoisotopic (exact) mass is 455 g/mol. The fourth-order valence-corrected chi connectivity index (χ4v) is 3.88. The molecular formula is C24H26FN3O3S. The molecule has 2 aromatic carbocycles. The lowest BCUT2D eigenvalue weighted by Crippen LogP contribution is -2.15. The Morgan fingerprint density at radius 3 is 2.28 bits per heavy atom. The average molecular weight is 456 g/mol. The first-order chi connectivity index (χ1) is 15.4. The van der Waals surface area contributed by atoms with Gasteiger partial charge in [-0.2, -0.15) is 5.10 Å². The van der Waals surface area contributed by atoms with E-state index in [2.05, 4.69) is 11.6 Å². The minimum absolute atomic E-state index is 0.328. The van der Waals surface area contributed by atoms with Crippen molar-refractivity contribution in [1.29, 1.82) is 0 Å². The molecule has 0 aliphatic heterocycles. The second-order valence-corrected chi connectivity index (χ2v) is 7.90. The summed E-state index contributed by atoms with van der Waals surface area (Å²) >= 11 is 1.39. The van der Waals surface area contributed by atoms with E-state index >= 15 is 0 Å². The summed E-state index contributed by atoms with van der Waals surface area (Å²) in [7, 11) is 4.68. The topological polar surface area (TPSA) is 57.3 Å². The maximum atomic E-state index is 14.6. The van der Waals surface area contributed by atoms with Crippen LogP contribution in [0.3, 0.4) is 0 Å². The van der Waals surface area contributed by atoms with Gasteiger partial charge in [-0.15, -0.1) is 11.3 Å². The Morgan fingerprint density at radius 2 is 1.72 bits per heavy atom. The van der Waals surface area contributed by atoms with Crippen molar-refractivity contribution in [3.8, 4) is 28.5 Å². The molecule has 8 heteroatoms. The third-order valence-electron chi connectivity index (χ3n) is 4.65. The largest absolute Gasteiger partial charge is 0.493 e. The zero-order valence-electron chi connectivity index (χ0n) is 18.8. The molecule has 0 radical (unpaired) electrons. The first-order valence-electron chi connectivity index (χ1n) is 9.85. The van der Waals surface area contributed by atoms with Crippen molar-refractivity contribution < 1.29 is 18.6 Å². The van der Waals surface area contributed by atoms with Crippen LogP contribution >= 0.6 is 11.3 Å². The number of thiazole rings is 1. The van der Waals surface area contributed by atoms with Gasteiger partial charge in [-0.25, -0.2) is 9.07 Å². The van der Waals surface area contributed by atoms with Gasteiger partial charge in [0.1, 0.15) is 5.82 Å². The van der Waals surface area contributed by atoms with Gasteiger partial charge in [-0.05, 0) is 38.1 Å². The lowest BCUT2D eigenvalue weighted by Gasteiger charge is -2.14. The second kappa shape index (κ2) is 10.3. The van der Waals surface area contributed by atoms with Crippen LogP contribution < -0.4 is 19.0 Å². The fourth-order valence-electron chi connectivity index (χ4n) is 3.06. The van der Waals surface area contributed by atoms with Crippen LogP contribution in [0.2, 0.25) is 0 Å². The minimum Gasteiger partial charge on any atom is -0.493 e. The molecule has 0 fully saturated rings. The Kier molecular flexibility index (Phi) is 7.48. The van der Waals surface area contributed by atoms with Crippen LogP contribution in [0.4, 0.5) is 4.39 Å². The van der Waals surface area contributed by atoms with Crippen molar-refractivity contribution in [2.75, 3.05) is 27.9 Å². The molecule has 3 aromatic rings. The number of aromatic nitrogens is 1. The quantitative estimate of drug-likeness (QED) is 0.349. The minimum atomic E-state index is -0.328. The molecule has 0 amide bonds. The van der Waals surface area contributed by atoms with E-state index in [0.29, 0.717) is 45.6 Å². The number of halogens is 1. The van der Waals surface area contributed by atoms with E-state index in [0.717, 1.165) is 11.1 Å². The summed E-state index contributed by atoms with van der Waals surface area (Å²) < 4.78 is 32.6. The predicted molar refractivity (Wildman–Crippen MR) is 127 cm³/mol. The molecule has 0 N–H and O–H groups in total. The number of rotatable bonds is 8. The van der Waals surface area contributed by atoms with Gasteiger partial charge in [0.05, 0.1) is 39.3 Å². The molecule has 6 nitrogen and oxygen atoms in total. The Balaban J connectivity index is 2.20. The van der Waals surface area contributed by atoms with Crippen LogP contribution in [0.25, 0.3) is 11.3 Å². The summed E-state index contributed by atoms with van der Waals surface area (Å²) in [6, 6.07) is 10.2. The van der Waals surface area contributed by atoms with Crippen molar-refractivity contribution in [1.82, 2.24) is 4.68 Å². The molecule has 0 saturated heterocycles. The summed E-state index contributed by atoms with van der Waals surface area (Å²) in [5.74, 6) is 1.21. The molecule has 0 atom stereocenters. The first-order valence-corrected chi connectivity index (χ1v) is 10.7. The molecule has 1 heterocycles. The van der Waals surface area contributed by atoms with E-state index in [1.54, 1.807) is 44.2 Å².